The number of nitrogens with zero attached hydrogens (tertiary/aromatic N) is 2. The van der Waals surface area contributed by atoms with E-state index in [9.17, 15) is 0 Å². The highest BCUT2D eigenvalue weighted by Gasteiger charge is 2.42. The molecule has 1 aliphatic heterocycles. The van der Waals surface area contributed by atoms with Crippen LogP contribution in [0.4, 0.5) is 0 Å². The van der Waals surface area contributed by atoms with Gasteiger partial charge in [-0.05, 0) is 77.7 Å². The first-order valence-corrected chi connectivity index (χ1v) is 7.65. The van der Waals surface area contributed by atoms with Gasteiger partial charge in [0, 0.05) is 19.6 Å². The predicted molar refractivity (Wildman–Crippen MR) is 77.9 cm³/mol. The van der Waals surface area contributed by atoms with Gasteiger partial charge in [-0.2, -0.15) is 0 Å². The van der Waals surface area contributed by atoms with E-state index in [0.29, 0.717) is 5.41 Å². The van der Waals surface area contributed by atoms with Gasteiger partial charge in [0.25, 0.3) is 0 Å². The van der Waals surface area contributed by atoms with Crippen molar-refractivity contribution < 1.29 is 0 Å². The average Bonchev–Trinajstić information content (AvgIpc) is 3.07. The summed E-state index contributed by atoms with van der Waals surface area (Å²) in [7, 11) is 6.65. The first-order chi connectivity index (χ1) is 8.63. The molecule has 1 unspecified atom stereocenters. The summed E-state index contributed by atoms with van der Waals surface area (Å²) in [5, 5.41) is 3.35. The Labute approximate surface area is 113 Å². The zero-order valence-corrected chi connectivity index (χ0v) is 12.5. The summed E-state index contributed by atoms with van der Waals surface area (Å²) in [6.45, 7) is 6.39. The molecule has 1 saturated heterocycles. The summed E-state index contributed by atoms with van der Waals surface area (Å²) in [6.07, 6.45) is 7.07. The quantitative estimate of drug-likeness (QED) is 0.744. The molecular formula is C15H31N3. The van der Waals surface area contributed by atoms with Crippen LogP contribution in [0.3, 0.4) is 0 Å². The summed E-state index contributed by atoms with van der Waals surface area (Å²) >= 11 is 0. The second-order valence-corrected chi connectivity index (χ2v) is 6.83. The van der Waals surface area contributed by atoms with Crippen molar-refractivity contribution in [1.82, 2.24) is 15.1 Å². The fourth-order valence-electron chi connectivity index (χ4n) is 3.51. The van der Waals surface area contributed by atoms with Crippen molar-refractivity contribution in [3.8, 4) is 0 Å². The van der Waals surface area contributed by atoms with E-state index in [-0.39, 0.29) is 0 Å². The SMILES string of the molecule is CNCC1(CN(C)CCC2CCCN(C)C2)CC1. The molecule has 1 saturated carbocycles. The second-order valence-electron chi connectivity index (χ2n) is 6.83. The molecule has 18 heavy (non-hydrogen) atoms. The number of nitrogens with one attached hydrogen (secondary N) is 1. The van der Waals surface area contributed by atoms with Gasteiger partial charge in [-0.3, -0.25) is 0 Å². The number of rotatable bonds is 7. The zero-order chi connectivity index (χ0) is 13.0. The minimum absolute atomic E-state index is 0.618. The second kappa shape index (κ2) is 6.36. The lowest BCUT2D eigenvalue weighted by Gasteiger charge is -2.31. The molecule has 0 aromatic heterocycles. The monoisotopic (exact) mass is 253 g/mol. The lowest BCUT2D eigenvalue weighted by Crippen LogP contribution is -2.36. The third-order valence-corrected chi connectivity index (χ3v) is 4.76. The Morgan fingerprint density at radius 2 is 2.17 bits per heavy atom. The highest BCUT2D eigenvalue weighted by molar-refractivity contribution is 4.96. The number of hydrogen-bond acceptors (Lipinski definition) is 3. The molecule has 0 radical (unpaired) electrons. The average molecular weight is 253 g/mol. The molecule has 0 aromatic rings. The van der Waals surface area contributed by atoms with Crippen LogP contribution in [0.2, 0.25) is 0 Å². The molecule has 2 aliphatic rings. The van der Waals surface area contributed by atoms with Crippen molar-refractivity contribution in [2.24, 2.45) is 11.3 Å². The first kappa shape index (κ1) is 14.3. The van der Waals surface area contributed by atoms with Crippen molar-refractivity contribution in [3.05, 3.63) is 0 Å². The van der Waals surface area contributed by atoms with Gasteiger partial charge in [0.2, 0.25) is 0 Å². The van der Waals surface area contributed by atoms with Crippen LogP contribution in [-0.4, -0.2) is 63.7 Å². The Hall–Kier alpha value is -0.120. The van der Waals surface area contributed by atoms with Crippen LogP contribution in [0.25, 0.3) is 0 Å². The maximum absolute atomic E-state index is 3.35. The molecule has 2 rings (SSSR count). The van der Waals surface area contributed by atoms with Gasteiger partial charge in [0.1, 0.15) is 0 Å². The maximum atomic E-state index is 3.35. The van der Waals surface area contributed by atoms with Crippen LogP contribution in [0.15, 0.2) is 0 Å². The first-order valence-electron chi connectivity index (χ1n) is 7.65. The van der Waals surface area contributed by atoms with Crippen molar-refractivity contribution in [2.45, 2.75) is 32.1 Å². The molecule has 106 valence electrons. The van der Waals surface area contributed by atoms with Gasteiger partial charge in [0.05, 0.1) is 0 Å². The van der Waals surface area contributed by atoms with Crippen molar-refractivity contribution in [3.63, 3.8) is 0 Å². The largest absolute Gasteiger partial charge is 0.319 e. The van der Waals surface area contributed by atoms with Gasteiger partial charge in [-0.25, -0.2) is 0 Å². The molecule has 1 atom stereocenters. The van der Waals surface area contributed by atoms with E-state index in [1.54, 1.807) is 0 Å². The van der Waals surface area contributed by atoms with Crippen LogP contribution in [0.5, 0.6) is 0 Å². The summed E-state index contributed by atoms with van der Waals surface area (Å²) in [5.41, 5.74) is 0.618. The van der Waals surface area contributed by atoms with E-state index in [2.05, 4.69) is 36.3 Å². The minimum Gasteiger partial charge on any atom is -0.319 e. The summed E-state index contributed by atoms with van der Waals surface area (Å²) in [4.78, 5) is 5.07. The van der Waals surface area contributed by atoms with Crippen molar-refractivity contribution in [1.29, 1.82) is 0 Å². The fraction of sp³-hybridized carbons (Fsp3) is 1.00. The van der Waals surface area contributed by atoms with E-state index in [1.807, 2.05) is 0 Å². The summed E-state index contributed by atoms with van der Waals surface area (Å²) in [5.74, 6) is 0.936. The Morgan fingerprint density at radius 3 is 2.78 bits per heavy atom. The molecule has 2 fully saturated rings. The summed E-state index contributed by atoms with van der Waals surface area (Å²) in [6, 6.07) is 0. The van der Waals surface area contributed by atoms with Crippen LogP contribution in [0.1, 0.15) is 32.1 Å². The van der Waals surface area contributed by atoms with Crippen LogP contribution < -0.4 is 5.32 Å². The number of hydrogen-bond donors (Lipinski definition) is 1. The number of piperidine rings is 1. The molecule has 0 spiro atoms. The van der Waals surface area contributed by atoms with E-state index >= 15 is 0 Å². The Bertz CT molecular complexity index is 250. The molecular weight excluding hydrogens is 222 g/mol. The normalized spacial score (nSPS) is 27.7. The Morgan fingerprint density at radius 1 is 1.39 bits per heavy atom. The molecule has 1 heterocycles. The standard InChI is InChI=1S/C15H31N3/c1-16-12-15(7-8-15)13-18(3)10-6-14-5-4-9-17(2)11-14/h14,16H,4-13H2,1-3H3. The van der Waals surface area contributed by atoms with E-state index < -0.39 is 0 Å². The van der Waals surface area contributed by atoms with Gasteiger partial charge < -0.3 is 15.1 Å². The summed E-state index contributed by atoms with van der Waals surface area (Å²) < 4.78 is 0. The molecule has 0 aromatic carbocycles. The van der Waals surface area contributed by atoms with Gasteiger partial charge in [-0.1, -0.05) is 0 Å². The smallest absolute Gasteiger partial charge is 0.00471 e. The molecule has 0 bridgehead atoms. The highest BCUT2D eigenvalue weighted by atomic mass is 15.1. The number of likely N-dealkylation sites (tertiary alicyclic amines) is 1. The van der Waals surface area contributed by atoms with Gasteiger partial charge in [-0.15, -0.1) is 0 Å². The Balaban J connectivity index is 1.64. The lowest BCUT2D eigenvalue weighted by molar-refractivity contribution is 0.177. The maximum Gasteiger partial charge on any atom is 0.00471 e. The molecule has 0 amide bonds. The topological polar surface area (TPSA) is 18.5 Å². The van der Waals surface area contributed by atoms with Gasteiger partial charge >= 0.3 is 0 Å². The third kappa shape index (κ3) is 4.22. The molecule has 3 heteroatoms. The van der Waals surface area contributed by atoms with Crippen molar-refractivity contribution >= 4 is 0 Å². The van der Waals surface area contributed by atoms with Gasteiger partial charge in [0.15, 0.2) is 0 Å². The van der Waals surface area contributed by atoms with Crippen LogP contribution >= 0.6 is 0 Å². The Kier molecular flexibility index (Phi) is 5.05. The zero-order valence-electron chi connectivity index (χ0n) is 12.5. The lowest BCUT2D eigenvalue weighted by atomic mass is 9.95. The van der Waals surface area contributed by atoms with Crippen molar-refractivity contribution in [2.75, 3.05) is 53.9 Å². The fourth-order valence-corrected chi connectivity index (χ4v) is 3.51. The molecule has 1 aliphatic carbocycles. The minimum atomic E-state index is 0.618. The molecule has 3 nitrogen and oxygen atoms in total. The highest BCUT2D eigenvalue weighted by Crippen LogP contribution is 2.45. The van der Waals surface area contributed by atoms with Crippen LogP contribution in [-0.2, 0) is 0 Å². The molecule has 1 N–H and O–H groups in total. The van der Waals surface area contributed by atoms with E-state index in [0.717, 1.165) is 5.92 Å². The van der Waals surface area contributed by atoms with E-state index in [1.165, 1.54) is 64.8 Å². The third-order valence-electron chi connectivity index (χ3n) is 4.76. The van der Waals surface area contributed by atoms with Crippen LogP contribution in [0, 0.1) is 11.3 Å². The predicted octanol–water partition coefficient (Wildman–Crippen LogP) is 1.65. The van der Waals surface area contributed by atoms with E-state index in [4.69, 9.17) is 0 Å².